The van der Waals surface area contributed by atoms with Gasteiger partial charge < -0.3 is 5.73 Å². The second kappa shape index (κ2) is 4.31. The lowest BCUT2D eigenvalue weighted by molar-refractivity contribution is 1.36. The maximum atomic E-state index is 6.03. The van der Waals surface area contributed by atoms with Gasteiger partial charge in [-0.05, 0) is 29.7 Å². The number of anilines is 1. The van der Waals surface area contributed by atoms with Crippen LogP contribution in [0.25, 0.3) is 22.0 Å². The fraction of sp³-hybridized carbons (Fsp3) is 0. The SMILES string of the molecule is Nc1ccc(Cl)cc1-c1nccc2ccccc12. The van der Waals surface area contributed by atoms with Crippen molar-refractivity contribution >= 4 is 28.1 Å². The van der Waals surface area contributed by atoms with E-state index < -0.39 is 0 Å². The molecule has 3 aromatic rings. The molecular formula is C15H11ClN2. The molecule has 88 valence electrons. The average molecular weight is 255 g/mol. The van der Waals surface area contributed by atoms with Crippen LogP contribution in [0.15, 0.2) is 54.7 Å². The molecule has 0 fully saturated rings. The first-order valence-corrected chi connectivity index (χ1v) is 6.02. The number of nitrogens with zero attached hydrogens (tertiary/aromatic N) is 1. The fourth-order valence-electron chi connectivity index (χ4n) is 2.07. The van der Waals surface area contributed by atoms with Crippen LogP contribution in [0.2, 0.25) is 5.02 Å². The maximum absolute atomic E-state index is 6.03. The number of hydrogen-bond acceptors (Lipinski definition) is 2. The van der Waals surface area contributed by atoms with Gasteiger partial charge in [0.2, 0.25) is 0 Å². The Kier molecular flexibility index (Phi) is 2.65. The van der Waals surface area contributed by atoms with Crippen LogP contribution < -0.4 is 5.73 Å². The zero-order valence-electron chi connectivity index (χ0n) is 9.60. The summed E-state index contributed by atoms with van der Waals surface area (Å²) in [5, 5.41) is 2.88. The molecule has 0 aliphatic rings. The number of hydrogen-bond donors (Lipinski definition) is 1. The Hall–Kier alpha value is -2.06. The number of halogens is 1. The molecule has 3 rings (SSSR count). The van der Waals surface area contributed by atoms with Gasteiger partial charge in [-0.15, -0.1) is 0 Å². The number of nitrogens with two attached hydrogens (primary N) is 1. The Balaban J connectivity index is 2.35. The summed E-state index contributed by atoms with van der Waals surface area (Å²) in [5.41, 5.74) is 8.44. The molecular weight excluding hydrogens is 244 g/mol. The molecule has 0 atom stereocenters. The van der Waals surface area contributed by atoms with Gasteiger partial charge in [0.15, 0.2) is 0 Å². The van der Waals surface area contributed by atoms with E-state index in [1.165, 1.54) is 0 Å². The first-order valence-electron chi connectivity index (χ1n) is 5.65. The third-order valence-corrected chi connectivity index (χ3v) is 3.18. The Labute approximate surface area is 110 Å². The van der Waals surface area contributed by atoms with E-state index in [0.717, 1.165) is 22.0 Å². The van der Waals surface area contributed by atoms with Gasteiger partial charge in [0.1, 0.15) is 0 Å². The molecule has 0 saturated heterocycles. The summed E-state index contributed by atoms with van der Waals surface area (Å²) < 4.78 is 0. The van der Waals surface area contributed by atoms with Crippen LogP contribution in [0.3, 0.4) is 0 Å². The van der Waals surface area contributed by atoms with E-state index >= 15 is 0 Å². The van der Waals surface area contributed by atoms with Crippen molar-refractivity contribution in [3.05, 3.63) is 59.8 Å². The lowest BCUT2D eigenvalue weighted by Gasteiger charge is -2.08. The van der Waals surface area contributed by atoms with Gasteiger partial charge in [-0.1, -0.05) is 35.9 Å². The Bertz CT molecular complexity index is 717. The molecule has 0 aliphatic carbocycles. The van der Waals surface area contributed by atoms with Crippen molar-refractivity contribution in [3.8, 4) is 11.3 Å². The molecule has 2 nitrogen and oxygen atoms in total. The Morgan fingerprint density at radius 3 is 2.72 bits per heavy atom. The highest BCUT2D eigenvalue weighted by molar-refractivity contribution is 6.31. The smallest absolute Gasteiger partial charge is 0.0801 e. The minimum atomic E-state index is 0.661. The van der Waals surface area contributed by atoms with Crippen LogP contribution >= 0.6 is 11.6 Å². The summed E-state index contributed by atoms with van der Waals surface area (Å²) in [6.07, 6.45) is 1.79. The summed E-state index contributed by atoms with van der Waals surface area (Å²) in [7, 11) is 0. The summed E-state index contributed by atoms with van der Waals surface area (Å²) in [5.74, 6) is 0. The van der Waals surface area contributed by atoms with Crippen molar-refractivity contribution < 1.29 is 0 Å². The molecule has 0 amide bonds. The molecule has 0 spiro atoms. The van der Waals surface area contributed by atoms with Crippen molar-refractivity contribution in [1.82, 2.24) is 4.98 Å². The molecule has 3 heteroatoms. The minimum absolute atomic E-state index is 0.661. The molecule has 2 aromatic carbocycles. The molecule has 0 radical (unpaired) electrons. The van der Waals surface area contributed by atoms with Crippen molar-refractivity contribution in [3.63, 3.8) is 0 Å². The molecule has 2 N–H and O–H groups in total. The van der Waals surface area contributed by atoms with Crippen LogP contribution in [-0.2, 0) is 0 Å². The largest absolute Gasteiger partial charge is 0.398 e. The maximum Gasteiger partial charge on any atom is 0.0801 e. The summed E-state index contributed by atoms with van der Waals surface area (Å²) in [6.45, 7) is 0. The molecule has 0 bridgehead atoms. The van der Waals surface area contributed by atoms with Crippen LogP contribution in [0.5, 0.6) is 0 Å². The second-order valence-electron chi connectivity index (χ2n) is 4.11. The van der Waals surface area contributed by atoms with E-state index in [9.17, 15) is 0 Å². The van der Waals surface area contributed by atoms with Crippen LogP contribution in [0.1, 0.15) is 0 Å². The highest BCUT2D eigenvalue weighted by atomic mass is 35.5. The third kappa shape index (κ3) is 1.81. The normalized spacial score (nSPS) is 10.7. The van der Waals surface area contributed by atoms with Crippen LogP contribution in [0, 0.1) is 0 Å². The van der Waals surface area contributed by atoms with E-state index in [2.05, 4.69) is 11.1 Å². The summed E-state index contributed by atoms with van der Waals surface area (Å²) >= 11 is 6.03. The number of rotatable bonds is 1. The standard InChI is InChI=1S/C15H11ClN2/c16-11-5-6-14(17)13(9-11)15-12-4-2-1-3-10(12)7-8-18-15/h1-9H,17H2. The first kappa shape index (κ1) is 11.1. The van der Waals surface area contributed by atoms with Crippen molar-refractivity contribution in [2.24, 2.45) is 0 Å². The van der Waals surface area contributed by atoms with Gasteiger partial charge in [-0.2, -0.15) is 0 Å². The van der Waals surface area contributed by atoms with E-state index in [4.69, 9.17) is 17.3 Å². The van der Waals surface area contributed by atoms with Gasteiger partial charge in [-0.3, -0.25) is 4.98 Å². The quantitative estimate of drug-likeness (QED) is 0.663. The second-order valence-corrected chi connectivity index (χ2v) is 4.55. The van der Waals surface area contributed by atoms with Crippen molar-refractivity contribution in [1.29, 1.82) is 0 Å². The molecule has 18 heavy (non-hydrogen) atoms. The highest BCUT2D eigenvalue weighted by Crippen LogP contribution is 2.32. The Morgan fingerprint density at radius 1 is 1.00 bits per heavy atom. The summed E-state index contributed by atoms with van der Waals surface area (Å²) in [4.78, 5) is 4.44. The monoisotopic (exact) mass is 254 g/mol. The van der Waals surface area contributed by atoms with Crippen molar-refractivity contribution in [2.45, 2.75) is 0 Å². The van der Waals surface area contributed by atoms with Crippen LogP contribution in [-0.4, -0.2) is 4.98 Å². The van der Waals surface area contributed by atoms with Gasteiger partial charge in [0.25, 0.3) is 0 Å². The van der Waals surface area contributed by atoms with E-state index in [1.807, 2.05) is 30.3 Å². The number of nitrogen functional groups attached to an aromatic ring is 1. The first-order chi connectivity index (χ1) is 8.75. The average Bonchev–Trinajstić information content (AvgIpc) is 2.41. The Morgan fingerprint density at radius 2 is 1.83 bits per heavy atom. The predicted molar refractivity (Wildman–Crippen MR) is 76.6 cm³/mol. The molecule has 0 saturated carbocycles. The molecule has 0 unspecified atom stereocenters. The predicted octanol–water partition coefficient (Wildman–Crippen LogP) is 4.14. The van der Waals surface area contributed by atoms with Gasteiger partial charge >= 0.3 is 0 Å². The zero-order valence-corrected chi connectivity index (χ0v) is 10.4. The highest BCUT2D eigenvalue weighted by Gasteiger charge is 2.08. The van der Waals surface area contributed by atoms with E-state index in [1.54, 1.807) is 18.3 Å². The number of benzene rings is 2. The molecule has 1 heterocycles. The number of aromatic nitrogens is 1. The van der Waals surface area contributed by atoms with E-state index in [0.29, 0.717) is 10.7 Å². The number of fused-ring (bicyclic) bond motifs is 1. The van der Waals surface area contributed by atoms with Gasteiger partial charge in [0, 0.05) is 27.9 Å². The van der Waals surface area contributed by atoms with Gasteiger partial charge in [0.05, 0.1) is 5.69 Å². The lowest BCUT2D eigenvalue weighted by atomic mass is 10.0. The molecule has 1 aromatic heterocycles. The van der Waals surface area contributed by atoms with Crippen molar-refractivity contribution in [2.75, 3.05) is 5.73 Å². The zero-order chi connectivity index (χ0) is 12.5. The lowest BCUT2D eigenvalue weighted by Crippen LogP contribution is -1.92. The van der Waals surface area contributed by atoms with E-state index in [-0.39, 0.29) is 0 Å². The minimum Gasteiger partial charge on any atom is -0.398 e. The topological polar surface area (TPSA) is 38.9 Å². The van der Waals surface area contributed by atoms with Gasteiger partial charge in [-0.25, -0.2) is 0 Å². The summed E-state index contributed by atoms with van der Waals surface area (Å²) in [6, 6.07) is 15.5. The van der Waals surface area contributed by atoms with Crippen LogP contribution in [0.4, 0.5) is 5.69 Å². The fourth-order valence-corrected chi connectivity index (χ4v) is 2.24. The third-order valence-electron chi connectivity index (χ3n) is 2.94. The molecule has 0 aliphatic heterocycles. The number of pyridine rings is 1.